The number of methoxy groups -OCH3 is 1. The maximum atomic E-state index is 4.95. The lowest BCUT2D eigenvalue weighted by Crippen LogP contribution is -2.27. The van der Waals surface area contributed by atoms with Crippen LogP contribution in [-0.2, 0) is 4.74 Å². The first kappa shape index (κ1) is 9.92. The van der Waals surface area contributed by atoms with E-state index in [0.29, 0.717) is 6.04 Å². The molecule has 0 fully saturated rings. The van der Waals surface area contributed by atoms with E-state index >= 15 is 0 Å². The Morgan fingerprint density at radius 1 is 1.50 bits per heavy atom. The average molecular weight is 145 g/mol. The summed E-state index contributed by atoms with van der Waals surface area (Å²) in [6, 6.07) is 0.597. The largest absolute Gasteiger partial charge is 0.385 e. The molecule has 2 nitrogen and oxygen atoms in total. The Morgan fingerprint density at radius 2 is 2.20 bits per heavy atom. The molecule has 0 aliphatic heterocycles. The minimum atomic E-state index is 0.597. The Morgan fingerprint density at radius 3 is 2.70 bits per heavy atom. The second kappa shape index (κ2) is 7.03. The molecule has 0 bridgehead atoms. The Labute approximate surface area is 64.0 Å². The number of hydrogen-bond acceptors (Lipinski definition) is 2. The molecule has 0 aromatic carbocycles. The summed E-state index contributed by atoms with van der Waals surface area (Å²) >= 11 is 0. The summed E-state index contributed by atoms with van der Waals surface area (Å²) in [6.45, 7) is 6.34. The third-order valence-corrected chi connectivity index (χ3v) is 1.50. The van der Waals surface area contributed by atoms with Gasteiger partial charge in [0.2, 0.25) is 0 Å². The third kappa shape index (κ3) is 6.05. The molecule has 0 aliphatic rings. The van der Waals surface area contributed by atoms with Crippen LogP contribution in [0, 0.1) is 0 Å². The van der Waals surface area contributed by atoms with Crippen LogP contribution in [0.4, 0.5) is 0 Å². The summed E-state index contributed by atoms with van der Waals surface area (Å²) in [5.41, 5.74) is 0. The molecule has 0 saturated heterocycles. The molecule has 1 unspecified atom stereocenters. The normalized spacial score (nSPS) is 13.5. The lowest BCUT2D eigenvalue weighted by atomic mass is 10.2. The van der Waals surface area contributed by atoms with Crippen LogP contribution in [0.2, 0.25) is 0 Å². The van der Waals surface area contributed by atoms with Gasteiger partial charge in [-0.3, -0.25) is 0 Å². The van der Waals surface area contributed by atoms with Gasteiger partial charge in [0, 0.05) is 19.8 Å². The zero-order chi connectivity index (χ0) is 7.82. The number of ether oxygens (including phenoxy) is 1. The van der Waals surface area contributed by atoms with Gasteiger partial charge in [-0.1, -0.05) is 6.92 Å². The molecule has 10 heavy (non-hydrogen) atoms. The number of nitrogens with one attached hydrogen (secondary N) is 1. The highest BCUT2D eigenvalue weighted by Gasteiger charge is 1.97. The van der Waals surface area contributed by atoms with Crippen LogP contribution in [0.25, 0.3) is 0 Å². The second-order valence-electron chi connectivity index (χ2n) is 2.64. The molecule has 0 heterocycles. The van der Waals surface area contributed by atoms with Crippen molar-refractivity contribution in [3.63, 3.8) is 0 Å². The van der Waals surface area contributed by atoms with Crippen molar-refractivity contribution in [2.45, 2.75) is 32.7 Å². The molecule has 0 aliphatic carbocycles. The van der Waals surface area contributed by atoms with E-state index in [0.717, 1.165) is 19.6 Å². The summed E-state index contributed by atoms with van der Waals surface area (Å²) in [6.07, 6.45) is 2.31. The van der Waals surface area contributed by atoms with Gasteiger partial charge in [-0.15, -0.1) is 0 Å². The smallest absolute Gasteiger partial charge is 0.0476 e. The zero-order valence-electron chi connectivity index (χ0n) is 7.31. The maximum Gasteiger partial charge on any atom is 0.0476 e. The van der Waals surface area contributed by atoms with Gasteiger partial charge >= 0.3 is 0 Å². The van der Waals surface area contributed by atoms with Crippen molar-refractivity contribution in [1.29, 1.82) is 0 Å². The Hall–Kier alpha value is -0.0800. The second-order valence-corrected chi connectivity index (χ2v) is 2.64. The number of rotatable bonds is 6. The summed E-state index contributed by atoms with van der Waals surface area (Å²) in [5, 5.41) is 3.39. The van der Waals surface area contributed by atoms with Crippen molar-refractivity contribution < 1.29 is 4.74 Å². The molecule has 2 heteroatoms. The molecule has 0 aromatic rings. The highest BCUT2D eigenvalue weighted by Crippen LogP contribution is 1.89. The van der Waals surface area contributed by atoms with Crippen LogP contribution in [0.3, 0.4) is 0 Å². The maximum absolute atomic E-state index is 4.95. The lowest BCUT2D eigenvalue weighted by molar-refractivity contribution is 0.185. The number of hydrogen-bond donors (Lipinski definition) is 1. The minimum Gasteiger partial charge on any atom is -0.385 e. The predicted molar refractivity (Wildman–Crippen MR) is 44.2 cm³/mol. The molecule has 0 radical (unpaired) electrons. The first-order valence-electron chi connectivity index (χ1n) is 4.03. The SMILES string of the molecule is CCCNC(C)CCOC. The molecule has 0 saturated carbocycles. The van der Waals surface area contributed by atoms with Crippen molar-refractivity contribution in [2.75, 3.05) is 20.3 Å². The van der Waals surface area contributed by atoms with Crippen molar-refractivity contribution in [3.8, 4) is 0 Å². The predicted octanol–water partition coefficient (Wildman–Crippen LogP) is 1.41. The van der Waals surface area contributed by atoms with Gasteiger partial charge in [-0.25, -0.2) is 0 Å². The Balaban J connectivity index is 3.00. The van der Waals surface area contributed by atoms with Crippen LogP contribution in [0.15, 0.2) is 0 Å². The quantitative estimate of drug-likeness (QED) is 0.610. The van der Waals surface area contributed by atoms with E-state index in [-0.39, 0.29) is 0 Å². The summed E-state index contributed by atoms with van der Waals surface area (Å²) < 4.78 is 4.95. The van der Waals surface area contributed by atoms with Crippen LogP contribution < -0.4 is 5.32 Å². The van der Waals surface area contributed by atoms with Crippen molar-refractivity contribution in [1.82, 2.24) is 5.32 Å². The van der Waals surface area contributed by atoms with E-state index in [1.54, 1.807) is 7.11 Å². The van der Waals surface area contributed by atoms with E-state index in [2.05, 4.69) is 19.2 Å². The van der Waals surface area contributed by atoms with E-state index in [9.17, 15) is 0 Å². The fourth-order valence-electron chi connectivity index (χ4n) is 0.787. The fraction of sp³-hybridized carbons (Fsp3) is 1.00. The molecule has 0 rings (SSSR count). The van der Waals surface area contributed by atoms with Crippen LogP contribution in [-0.4, -0.2) is 26.3 Å². The molecule has 62 valence electrons. The highest BCUT2D eigenvalue weighted by molar-refractivity contribution is 4.58. The highest BCUT2D eigenvalue weighted by atomic mass is 16.5. The topological polar surface area (TPSA) is 21.3 Å². The standard InChI is InChI=1S/C8H19NO/c1-4-6-9-8(2)5-7-10-3/h8-9H,4-7H2,1-3H3. The van der Waals surface area contributed by atoms with Crippen LogP contribution in [0.5, 0.6) is 0 Å². The van der Waals surface area contributed by atoms with E-state index in [4.69, 9.17) is 4.74 Å². The minimum absolute atomic E-state index is 0.597. The van der Waals surface area contributed by atoms with Crippen molar-refractivity contribution in [2.24, 2.45) is 0 Å². The molecule has 1 N–H and O–H groups in total. The van der Waals surface area contributed by atoms with Crippen molar-refractivity contribution in [3.05, 3.63) is 0 Å². The van der Waals surface area contributed by atoms with E-state index in [1.807, 2.05) is 0 Å². The van der Waals surface area contributed by atoms with Gasteiger partial charge in [0.25, 0.3) is 0 Å². The fourth-order valence-corrected chi connectivity index (χ4v) is 0.787. The summed E-state index contributed by atoms with van der Waals surface area (Å²) in [4.78, 5) is 0. The van der Waals surface area contributed by atoms with Gasteiger partial charge in [0.15, 0.2) is 0 Å². The van der Waals surface area contributed by atoms with Crippen LogP contribution >= 0.6 is 0 Å². The Kier molecular flexibility index (Phi) is 6.98. The van der Waals surface area contributed by atoms with E-state index in [1.165, 1.54) is 6.42 Å². The van der Waals surface area contributed by atoms with Gasteiger partial charge in [-0.05, 0) is 26.3 Å². The molecular weight excluding hydrogens is 126 g/mol. The first-order chi connectivity index (χ1) is 4.81. The average Bonchev–Trinajstić information content (AvgIpc) is 1.97. The molecule has 1 atom stereocenters. The van der Waals surface area contributed by atoms with Crippen LogP contribution in [0.1, 0.15) is 26.7 Å². The van der Waals surface area contributed by atoms with Gasteiger partial charge in [-0.2, -0.15) is 0 Å². The third-order valence-electron chi connectivity index (χ3n) is 1.50. The summed E-state index contributed by atoms with van der Waals surface area (Å²) in [7, 11) is 1.74. The Bertz CT molecular complexity index is 58.3. The van der Waals surface area contributed by atoms with Crippen molar-refractivity contribution >= 4 is 0 Å². The lowest BCUT2D eigenvalue weighted by Gasteiger charge is -2.11. The van der Waals surface area contributed by atoms with E-state index < -0.39 is 0 Å². The first-order valence-corrected chi connectivity index (χ1v) is 4.03. The molecule has 0 amide bonds. The van der Waals surface area contributed by atoms with Gasteiger partial charge in [0.1, 0.15) is 0 Å². The molecular formula is C8H19NO. The zero-order valence-corrected chi connectivity index (χ0v) is 7.31. The molecule has 0 aromatic heterocycles. The monoisotopic (exact) mass is 145 g/mol. The molecule has 0 spiro atoms. The van der Waals surface area contributed by atoms with Gasteiger partial charge in [0.05, 0.1) is 0 Å². The summed E-state index contributed by atoms with van der Waals surface area (Å²) in [5.74, 6) is 0. The van der Waals surface area contributed by atoms with Gasteiger partial charge < -0.3 is 10.1 Å².